The van der Waals surface area contributed by atoms with E-state index in [1.807, 2.05) is 0 Å². The second-order valence-corrected chi connectivity index (χ2v) is 3.76. The average Bonchev–Trinajstić information content (AvgIpc) is 2.00. The third-order valence-corrected chi connectivity index (χ3v) is 2.72. The second-order valence-electron chi connectivity index (χ2n) is 3.35. The minimum Gasteiger partial charge on any atom is -0.398 e. The van der Waals surface area contributed by atoms with Crippen LogP contribution < -0.4 is 5.73 Å². The Bertz CT molecular complexity index is 354. The molecule has 4 heteroatoms. The van der Waals surface area contributed by atoms with Crippen molar-refractivity contribution in [2.45, 2.75) is 6.42 Å². The van der Waals surface area contributed by atoms with Crippen LogP contribution in [0.25, 0.3) is 0 Å². The number of rotatable bonds is 1. The van der Waals surface area contributed by atoms with Crippen molar-refractivity contribution >= 4 is 23.2 Å². The molecule has 1 aliphatic rings. The topological polar surface area (TPSA) is 46.3 Å². The molecule has 1 aromatic rings. The van der Waals surface area contributed by atoms with Gasteiger partial charge in [-0.25, -0.2) is 0 Å². The van der Waals surface area contributed by atoms with E-state index in [-0.39, 0.29) is 5.91 Å². The molecule has 1 amide bonds. The highest BCUT2D eigenvalue weighted by atomic mass is 35.5. The summed E-state index contributed by atoms with van der Waals surface area (Å²) in [6.45, 7) is 1.62. The maximum absolute atomic E-state index is 11.8. The first kappa shape index (κ1) is 9.34. The monoisotopic (exact) mass is 210 g/mol. The molecular formula is C10H11ClN2O. The maximum Gasteiger partial charge on any atom is 0.257 e. The molecule has 1 fully saturated rings. The van der Waals surface area contributed by atoms with Gasteiger partial charge in [-0.15, -0.1) is 0 Å². The average molecular weight is 211 g/mol. The van der Waals surface area contributed by atoms with Crippen LogP contribution >= 0.6 is 11.6 Å². The van der Waals surface area contributed by atoms with E-state index in [2.05, 4.69) is 0 Å². The van der Waals surface area contributed by atoms with E-state index in [0.29, 0.717) is 16.3 Å². The number of carbonyl (C=O) groups is 1. The number of likely N-dealkylation sites (tertiary alicyclic amines) is 1. The fourth-order valence-electron chi connectivity index (χ4n) is 1.44. The van der Waals surface area contributed by atoms with Gasteiger partial charge in [0.1, 0.15) is 0 Å². The van der Waals surface area contributed by atoms with Crippen molar-refractivity contribution in [1.82, 2.24) is 4.90 Å². The van der Waals surface area contributed by atoms with E-state index in [4.69, 9.17) is 17.3 Å². The summed E-state index contributed by atoms with van der Waals surface area (Å²) in [4.78, 5) is 13.6. The van der Waals surface area contributed by atoms with Crippen LogP contribution in [0.1, 0.15) is 16.8 Å². The Labute approximate surface area is 87.4 Å². The number of nitrogen functional groups attached to an aromatic ring is 1. The highest BCUT2D eigenvalue weighted by Crippen LogP contribution is 2.25. The molecule has 74 valence electrons. The van der Waals surface area contributed by atoms with Gasteiger partial charge in [0.25, 0.3) is 5.91 Å². The number of hydrogen-bond donors (Lipinski definition) is 1. The van der Waals surface area contributed by atoms with E-state index >= 15 is 0 Å². The van der Waals surface area contributed by atoms with Gasteiger partial charge >= 0.3 is 0 Å². The van der Waals surface area contributed by atoms with Crippen molar-refractivity contribution in [3.05, 3.63) is 28.8 Å². The summed E-state index contributed by atoms with van der Waals surface area (Å²) in [5.41, 5.74) is 6.60. The van der Waals surface area contributed by atoms with Gasteiger partial charge in [0.2, 0.25) is 0 Å². The van der Waals surface area contributed by atoms with Crippen molar-refractivity contribution < 1.29 is 4.79 Å². The third kappa shape index (κ3) is 1.44. The minimum atomic E-state index is -0.0562. The van der Waals surface area contributed by atoms with Crippen LogP contribution in [-0.4, -0.2) is 23.9 Å². The van der Waals surface area contributed by atoms with Crippen LogP contribution in [0, 0.1) is 0 Å². The van der Waals surface area contributed by atoms with Gasteiger partial charge in [-0.2, -0.15) is 0 Å². The molecule has 0 radical (unpaired) electrons. The van der Waals surface area contributed by atoms with Gasteiger partial charge in [-0.05, 0) is 18.6 Å². The number of halogens is 1. The van der Waals surface area contributed by atoms with Crippen LogP contribution in [0.15, 0.2) is 18.2 Å². The molecule has 1 aromatic carbocycles. The Balaban J connectivity index is 2.34. The smallest absolute Gasteiger partial charge is 0.257 e. The number of nitrogens with zero attached hydrogens (tertiary/aromatic N) is 1. The number of nitrogens with two attached hydrogens (primary N) is 1. The molecule has 2 N–H and O–H groups in total. The summed E-state index contributed by atoms with van der Waals surface area (Å²) in [6, 6.07) is 5.12. The van der Waals surface area contributed by atoms with E-state index in [0.717, 1.165) is 19.5 Å². The van der Waals surface area contributed by atoms with Gasteiger partial charge < -0.3 is 10.6 Å². The van der Waals surface area contributed by atoms with Crippen LogP contribution in [0.5, 0.6) is 0 Å². The van der Waals surface area contributed by atoms with Gasteiger partial charge in [0.05, 0.1) is 10.6 Å². The number of amides is 1. The maximum atomic E-state index is 11.8. The Morgan fingerprint density at radius 1 is 1.43 bits per heavy atom. The van der Waals surface area contributed by atoms with Gasteiger partial charge in [0, 0.05) is 18.8 Å². The Kier molecular flexibility index (Phi) is 2.33. The van der Waals surface area contributed by atoms with Crippen LogP contribution in [-0.2, 0) is 0 Å². The minimum absolute atomic E-state index is 0.0562. The molecular weight excluding hydrogens is 200 g/mol. The first-order chi connectivity index (χ1) is 6.70. The zero-order valence-corrected chi connectivity index (χ0v) is 8.42. The summed E-state index contributed by atoms with van der Waals surface area (Å²) < 4.78 is 0. The van der Waals surface area contributed by atoms with Crippen molar-refractivity contribution in [3.63, 3.8) is 0 Å². The predicted octanol–water partition coefficient (Wildman–Crippen LogP) is 1.77. The lowest BCUT2D eigenvalue weighted by molar-refractivity contribution is 0.0653. The number of hydrogen-bond acceptors (Lipinski definition) is 2. The lowest BCUT2D eigenvalue weighted by Gasteiger charge is -2.31. The first-order valence-corrected chi connectivity index (χ1v) is 4.91. The van der Waals surface area contributed by atoms with E-state index in [1.54, 1.807) is 23.1 Å². The molecule has 14 heavy (non-hydrogen) atoms. The summed E-state index contributed by atoms with van der Waals surface area (Å²) in [7, 11) is 0. The molecule has 0 aliphatic carbocycles. The molecule has 0 atom stereocenters. The molecule has 1 aliphatic heterocycles. The number of benzene rings is 1. The van der Waals surface area contributed by atoms with Gasteiger partial charge in [-0.3, -0.25) is 4.79 Å². The Hall–Kier alpha value is -1.22. The zero-order valence-electron chi connectivity index (χ0n) is 7.66. The number of anilines is 1. The lowest BCUT2D eigenvalue weighted by Crippen LogP contribution is -2.42. The van der Waals surface area contributed by atoms with E-state index in [1.165, 1.54) is 0 Å². The highest BCUT2D eigenvalue weighted by Gasteiger charge is 2.24. The molecule has 1 saturated heterocycles. The Morgan fingerprint density at radius 3 is 2.64 bits per heavy atom. The fraction of sp³-hybridized carbons (Fsp3) is 0.300. The highest BCUT2D eigenvalue weighted by molar-refractivity contribution is 6.34. The van der Waals surface area contributed by atoms with Crippen molar-refractivity contribution in [2.75, 3.05) is 18.8 Å². The molecule has 3 nitrogen and oxygen atoms in total. The molecule has 0 unspecified atom stereocenters. The molecule has 0 saturated carbocycles. The molecule has 1 heterocycles. The second kappa shape index (κ2) is 3.50. The van der Waals surface area contributed by atoms with Gasteiger partial charge in [0.15, 0.2) is 0 Å². The van der Waals surface area contributed by atoms with Crippen molar-refractivity contribution in [1.29, 1.82) is 0 Å². The van der Waals surface area contributed by atoms with Crippen LogP contribution in [0.3, 0.4) is 0 Å². The quantitative estimate of drug-likeness (QED) is 0.719. The molecule has 0 aromatic heterocycles. The predicted molar refractivity (Wildman–Crippen MR) is 56.4 cm³/mol. The molecule has 0 spiro atoms. The normalized spacial score (nSPS) is 15.1. The molecule has 0 bridgehead atoms. The SMILES string of the molecule is Nc1cccc(Cl)c1C(=O)N1CCC1. The summed E-state index contributed by atoms with van der Waals surface area (Å²) in [5, 5.41) is 0.432. The van der Waals surface area contributed by atoms with E-state index in [9.17, 15) is 4.79 Å². The van der Waals surface area contributed by atoms with Crippen LogP contribution in [0.2, 0.25) is 5.02 Å². The number of carbonyl (C=O) groups excluding carboxylic acids is 1. The standard InChI is InChI=1S/C10H11ClN2O/c11-7-3-1-4-8(12)9(7)10(14)13-5-2-6-13/h1,3-4H,2,5-6,12H2. The third-order valence-electron chi connectivity index (χ3n) is 2.40. The van der Waals surface area contributed by atoms with Gasteiger partial charge in [-0.1, -0.05) is 17.7 Å². The largest absolute Gasteiger partial charge is 0.398 e. The fourth-order valence-corrected chi connectivity index (χ4v) is 1.71. The summed E-state index contributed by atoms with van der Waals surface area (Å²) in [5.74, 6) is -0.0562. The van der Waals surface area contributed by atoms with Crippen molar-refractivity contribution in [3.8, 4) is 0 Å². The summed E-state index contributed by atoms with van der Waals surface area (Å²) in [6.07, 6.45) is 1.07. The van der Waals surface area contributed by atoms with Crippen molar-refractivity contribution in [2.24, 2.45) is 0 Å². The molecule has 2 rings (SSSR count). The van der Waals surface area contributed by atoms with E-state index < -0.39 is 0 Å². The lowest BCUT2D eigenvalue weighted by atomic mass is 10.1. The van der Waals surface area contributed by atoms with Crippen LogP contribution in [0.4, 0.5) is 5.69 Å². The Morgan fingerprint density at radius 2 is 2.14 bits per heavy atom. The summed E-state index contributed by atoms with van der Waals surface area (Å²) >= 11 is 5.92. The first-order valence-electron chi connectivity index (χ1n) is 4.53. The zero-order chi connectivity index (χ0) is 10.1.